The van der Waals surface area contributed by atoms with Crippen LogP contribution in [0.4, 0.5) is 0 Å². The van der Waals surface area contributed by atoms with Gasteiger partial charge in [0.2, 0.25) is 0 Å². The summed E-state index contributed by atoms with van der Waals surface area (Å²) in [6.45, 7) is 2.57. The molecular formula is C17H24N6O2. The molecule has 0 unspecified atom stereocenters. The average molecular weight is 344 g/mol. The zero-order valence-electron chi connectivity index (χ0n) is 14.7. The zero-order chi connectivity index (χ0) is 17.6. The summed E-state index contributed by atoms with van der Waals surface area (Å²) in [4.78, 5) is 21.2. The number of aromatic amines is 1. The van der Waals surface area contributed by atoms with E-state index in [4.69, 9.17) is 4.74 Å². The fourth-order valence-electron chi connectivity index (χ4n) is 2.66. The quantitative estimate of drug-likeness (QED) is 0.635. The Morgan fingerprint density at radius 2 is 2.20 bits per heavy atom. The topological polar surface area (TPSA) is 88.1 Å². The third-order valence-electron chi connectivity index (χ3n) is 3.94. The Morgan fingerprint density at radius 3 is 3.04 bits per heavy atom. The van der Waals surface area contributed by atoms with Crippen molar-refractivity contribution in [1.82, 2.24) is 30.0 Å². The van der Waals surface area contributed by atoms with E-state index in [1.165, 1.54) is 6.42 Å². The highest BCUT2D eigenvalue weighted by Crippen LogP contribution is 2.14. The first-order valence-corrected chi connectivity index (χ1v) is 8.51. The van der Waals surface area contributed by atoms with Gasteiger partial charge in [0, 0.05) is 19.3 Å². The summed E-state index contributed by atoms with van der Waals surface area (Å²) in [6, 6.07) is 0.169. The van der Waals surface area contributed by atoms with Crippen molar-refractivity contribution in [2.45, 2.75) is 25.8 Å². The molecule has 2 aromatic rings. The molecule has 3 rings (SSSR count). The maximum absolute atomic E-state index is 12.1. The molecule has 0 spiro atoms. The third-order valence-corrected chi connectivity index (χ3v) is 3.94. The fourth-order valence-corrected chi connectivity index (χ4v) is 2.66. The fraction of sp³-hybridized carbons (Fsp3) is 0.471. The molecule has 0 saturated carbocycles. The van der Waals surface area contributed by atoms with Gasteiger partial charge in [-0.3, -0.25) is 14.5 Å². The number of nitrogens with zero attached hydrogens (tertiary/aromatic N) is 4. The Morgan fingerprint density at radius 1 is 1.32 bits per heavy atom. The molecule has 1 aliphatic heterocycles. The van der Waals surface area contributed by atoms with Crippen molar-refractivity contribution in [3.05, 3.63) is 33.3 Å². The summed E-state index contributed by atoms with van der Waals surface area (Å²) in [6.07, 6.45) is 10.4. The Kier molecular flexibility index (Phi) is 5.49. The van der Waals surface area contributed by atoms with Crippen LogP contribution in [-0.4, -0.2) is 51.8 Å². The summed E-state index contributed by atoms with van der Waals surface area (Å²) in [5, 5.41) is 8.47. The molecule has 0 aromatic carbocycles. The number of H-pyrrole nitrogens is 1. The first-order valence-electron chi connectivity index (χ1n) is 8.51. The third kappa shape index (κ3) is 4.69. The van der Waals surface area contributed by atoms with Crippen molar-refractivity contribution in [3.63, 3.8) is 0 Å². The molecule has 0 amide bonds. The Labute approximate surface area is 145 Å². The number of fused-ring (bicyclic) bond motifs is 1. The summed E-state index contributed by atoms with van der Waals surface area (Å²) in [7, 11) is 4.17. The summed E-state index contributed by atoms with van der Waals surface area (Å²) in [5.74, 6) is 0.559. The lowest BCUT2D eigenvalue weighted by Gasteiger charge is -2.08. The van der Waals surface area contributed by atoms with Gasteiger partial charge in [-0.25, -0.2) is 0 Å². The molecule has 0 bridgehead atoms. The maximum Gasteiger partial charge on any atom is 0.302 e. The minimum Gasteiger partial charge on any atom is -0.422 e. The van der Waals surface area contributed by atoms with Crippen LogP contribution >= 0.6 is 0 Å². The van der Waals surface area contributed by atoms with Crippen molar-refractivity contribution in [2.75, 3.05) is 27.2 Å². The van der Waals surface area contributed by atoms with E-state index in [-0.39, 0.29) is 11.6 Å². The van der Waals surface area contributed by atoms with Crippen LogP contribution in [0.3, 0.4) is 0 Å². The molecule has 2 N–H and O–H groups in total. The molecule has 0 radical (unpaired) electrons. The number of hydrogen-bond donors (Lipinski definition) is 2. The lowest BCUT2D eigenvalue weighted by Crippen LogP contribution is -2.46. The zero-order valence-corrected chi connectivity index (χ0v) is 14.7. The lowest BCUT2D eigenvalue weighted by molar-refractivity contribution is 0.386. The van der Waals surface area contributed by atoms with Gasteiger partial charge in [-0.05, 0) is 33.5 Å². The highest BCUT2D eigenvalue weighted by molar-refractivity contribution is 5.35. The first kappa shape index (κ1) is 17.2. The molecular weight excluding hydrogens is 320 g/mol. The SMILES string of the molecule is CN(C)CCCCCn1cc(Oc2nc3c(c(=O)[nH]2)=CCNC=3)cn1. The molecule has 3 heterocycles. The van der Waals surface area contributed by atoms with Crippen molar-refractivity contribution >= 4 is 12.3 Å². The molecule has 0 atom stereocenters. The van der Waals surface area contributed by atoms with Gasteiger partial charge in [-0.15, -0.1) is 0 Å². The van der Waals surface area contributed by atoms with Crippen LogP contribution in [0.25, 0.3) is 12.3 Å². The number of aromatic nitrogens is 4. The van der Waals surface area contributed by atoms with E-state index >= 15 is 0 Å². The van der Waals surface area contributed by atoms with E-state index in [1.54, 1.807) is 18.5 Å². The second-order valence-corrected chi connectivity index (χ2v) is 6.33. The lowest BCUT2D eigenvalue weighted by atomic mass is 10.2. The standard InChI is InChI=1S/C17H24N6O2/c1-22(2)8-4-3-5-9-23-12-13(10-19-23)25-17-20-15-11-18-7-6-14(15)16(24)21-17/h6,10-12,18H,3-5,7-9H2,1-2H3,(H,20,21,24). The van der Waals surface area contributed by atoms with Crippen LogP contribution in [0.1, 0.15) is 19.3 Å². The molecule has 0 fully saturated rings. The molecule has 2 aromatic heterocycles. The van der Waals surface area contributed by atoms with E-state index in [9.17, 15) is 4.79 Å². The molecule has 8 nitrogen and oxygen atoms in total. The number of nitrogens with one attached hydrogen (secondary N) is 2. The Balaban J connectivity index is 1.59. The van der Waals surface area contributed by atoms with Crippen molar-refractivity contribution in [1.29, 1.82) is 0 Å². The van der Waals surface area contributed by atoms with E-state index in [0.29, 0.717) is 22.9 Å². The number of hydrogen-bond acceptors (Lipinski definition) is 6. The van der Waals surface area contributed by atoms with Gasteiger partial charge in [0.15, 0.2) is 5.75 Å². The van der Waals surface area contributed by atoms with Gasteiger partial charge >= 0.3 is 6.01 Å². The predicted octanol–water partition coefficient (Wildman–Crippen LogP) is -0.388. The van der Waals surface area contributed by atoms with Crippen LogP contribution < -0.4 is 26.2 Å². The van der Waals surface area contributed by atoms with Crippen LogP contribution in [-0.2, 0) is 6.54 Å². The van der Waals surface area contributed by atoms with Gasteiger partial charge < -0.3 is 15.0 Å². The van der Waals surface area contributed by atoms with E-state index in [1.807, 2.05) is 10.9 Å². The van der Waals surface area contributed by atoms with Gasteiger partial charge in [0.05, 0.1) is 23.0 Å². The highest BCUT2D eigenvalue weighted by atomic mass is 16.5. The van der Waals surface area contributed by atoms with Gasteiger partial charge in [-0.1, -0.05) is 12.5 Å². The average Bonchev–Trinajstić information content (AvgIpc) is 3.01. The molecule has 1 aliphatic rings. The number of unbranched alkanes of at least 4 members (excludes halogenated alkanes) is 2. The predicted molar refractivity (Wildman–Crippen MR) is 95.7 cm³/mol. The second-order valence-electron chi connectivity index (χ2n) is 6.33. The maximum atomic E-state index is 12.1. The van der Waals surface area contributed by atoms with E-state index in [2.05, 4.69) is 39.4 Å². The number of aryl methyl sites for hydroxylation is 1. The normalized spacial score (nSPS) is 12.9. The van der Waals surface area contributed by atoms with Crippen molar-refractivity contribution < 1.29 is 4.74 Å². The molecule has 134 valence electrons. The summed E-state index contributed by atoms with van der Waals surface area (Å²) >= 11 is 0. The minimum atomic E-state index is -0.203. The van der Waals surface area contributed by atoms with E-state index < -0.39 is 0 Å². The van der Waals surface area contributed by atoms with Gasteiger partial charge in [-0.2, -0.15) is 10.1 Å². The largest absolute Gasteiger partial charge is 0.422 e. The highest BCUT2D eigenvalue weighted by Gasteiger charge is 2.07. The summed E-state index contributed by atoms with van der Waals surface area (Å²) in [5.41, 5.74) is -0.203. The Bertz CT molecular complexity index is 883. The van der Waals surface area contributed by atoms with E-state index in [0.717, 1.165) is 25.9 Å². The van der Waals surface area contributed by atoms with Gasteiger partial charge in [0.1, 0.15) is 0 Å². The minimum absolute atomic E-state index is 0.169. The van der Waals surface area contributed by atoms with Crippen LogP contribution in [0.2, 0.25) is 0 Å². The number of ether oxygens (including phenoxy) is 1. The second kappa shape index (κ2) is 7.98. The monoisotopic (exact) mass is 344 g/mol. The van der Waals surface area contributed by atoms with Crippen molar-refractivity contribution in [2.24, 2.45) is 0 Å². The molecule has 25 heavy (non-hydrogen) atoms. The number of rotatable bonds is 8. The van der Waals surface area contributed by atoms with Crippen molar-refractivity contribution in [3.8, 4) is 11.8 Å². The summed E-state index contributed by atoms with van der Waals surface area (Å²) < 4.78 is 7.50. The first-order chi connectivity index (χ1) is 12.1. The van der Waals surface area contributed by atoms with Gasteiger partial charge in [0.25, 0.3) is 5.56 Å². The van der Waals surface area contributed by atoms with Crippen LogP contribution in [0, 0.1) is 0 Å². The molecule has 0 saturated heterocycles. The van der Waals surface area contributed by atoms with Crippen LogP contribution in [0.5, 0.6) is 11.8 Å². The smallest absolute Gasteiger partial charge is 0.302 e. The molecule has 8 heteroatoms. The van der Waals surface area contributed by atoms with Crippen LogP contribution in [0.15, 0.2) is 17.2 Å². The molecule has 0 aliphatic carbocycles. The Hall–Kier alpha value is -2.61.